The molecule has 0 atom stereocenters. The average molecular weight is 255 g/mol. The van der Waals surface area contributed by atoms with E-state index in [-0.39, 0.29) is 5.09 Å². The fourth-order valence-corrected chi connectivity index (χ4v) is 3.00. The molecule has 0 bridgehead atoms. The van der Waals surface area contributed by atoms with E-state index in [0.717, 1.165) is 4.90 Å². The highest BCUT2D eigenvalue weighted by molar-refractivity contribution is 8.00. The highest BCUT2D eigenvalue weighted by Gasteiger charge is 2.18. The van der Waals surface area contributed by atoms with Gasteiger partial charge in [0.25, 0.3) is 10.0 Å². The van der Waals surface area contributed by atoms with Crippen LogP contribution in [0.1, 0.15) is 0 Å². The van der Waals surface area contributed by atoms with Crippen molar-refractivity contribution in [2.75, 3.05) is 0 Å². The van der Waals surface area contributed by atoms with Crippen molar-refractivity contribution in [3.63, 3.8) is 0 Å². The fourth-order valence-electron chi connectivity index (χ4n) is 1.18. The van der Waals surface area contributed by atoms with Crippen LogP contribution in [0.15, 0.2) is 62.0 Å². The predicted octanol–water partition coefficient (Wildman–Crippen LogP) is 2.08. The van der Waals surface area contributed by atoms with Crippen molar-refractivity contribution in [2.24, 2.45) is 5.14 Å². The molecular weight excluding hydrogens is 246 g/mol. The number of nitrogens with two attached hydrogens (primary N) is 1. The molecule has 2 aromatic rings. The summed E-state index contributed by atoms with van der Waals surface area (Å²) in [6, 6.07) is 11.0. The lowest BCUT2D eigenvalue weighted by atomic mass is 10.4. The zero-order valence-corrected chi connectivity index (χ0v) is 9.79. The first kappa shape index (κ1) is 11.3. The monoisotopic (exact) mass is 255 g/mol. The molecule has 0 spiro atoms. The Morgan fingerprint density at radius 3 is 2.44 bits per heavy atom. The Bertz CT molecular complexity index is 575. The maximum Gasteiger partial charge on any atom is 0.272 e. The number of hydrogen-bond acceptors (Lipinski definition) is 4. The van der Waals surface area contributed by atoms with E-state index in [9.17, 15) is 8.42 Å². The molecule has 0 amide bonds. The van der Waals surface area contributed by atoms with Crippen molar-refractivity contribution >= 4 is 21.8 Å². The second kappa shape index (κ2) is 4.32. The zero-order chi connectivity index (χ0) is 11.6. The van der Waals surface area contributed by atoms with Crippen LogP contribution in [0.25, 0.3) is 0 Å². The Morgan fingerprint density at radius 2 is 1.81 bits per heavy atom. The van der Waals surface area contributed by atoms with E-state index in [1.54, 1.807) is 6.07 Å². The van der Waals surface area contributed by atoms with Gasteiger partial charge in [-0.3, -0.25) is 0 Å². The largest absolute Gasteiger partial charge is 0.451 e. The van der Waals surface area contributed by atoms with Crippen molar-refractivity contribution in [2.45, 2.75) is 14.9 Å². The quantitative estimate of drug-likeness (QED) is 0.911. The summed E-state index contributed by atoms with van der Waals surface area (Å²) < 4.78 is 27.2. The Labute approximate surface area is 97.5 Å². The van der Waals surface area contributed by atoms with Gasteiger partial charge in [-0.2, -0.15) is 0 Å². The van der Waals surface area contributed by atoms with Crippen molar-refractivity contribution in [1.82, 2.24) is 0 Å². The highest BCUT2D eigenvalue weighted by atomic mass is 32.2. The lowest BCUT2D eigenvalue weighted by molar-refractivity contribution is 0.439. The molecule has 1 aromatic carbocycles. The molecule has 6 heteroatoms. The van der Waals surface area contributed by atoms with E-state index >= 15 is 0 Å². The summed E-state index contributed by atoms with van der Waals surface area (Å²) in [7, 11) is -3.80. The first-order valence-corrected chi connectivity index (χ1v) is 6.77. The number of primary sulfonamides is 1. The molecule has 16 heavy (non-hydrogen) atoms. The summed E-state index contributed by atoms with van der Waals surface area (Å²) in [5.41, 5.74) is 0. The van der Waals surface area contributed by atoms with Gasteiger partial charge in [-0.25, -0.2) is 13.6 Å². The first-order valence-electron chi connectivity index (χ1n) is 4.40. The number of benzene rings is 1. The fraction of sp³-hybridized carbons (Fsp3) is 0. The van der Waals surface area contributed by atoms with E-state index in [1.165, 1.54) is 18.0 Å². The molecular formula is C10H9NO3S2. The lowest BCUT2D eigenvalue weighted by Crippen LogP contribution is -2.11. The van der Waals surface area contributed by atoms with Crippen molar-refractivity contribution < 1.29 is 12.8 Å². The molecule has 0 radical (unpaired) electrons. The number of sulfonamides is 1. The van der Waals surface area contributed by atoms with Gasteiger partial charge in [-0.05, 0) is 18.2 Å². The van der Waals surface area contributed by atoms with Gasteiger partial charge in [0, 0.05) is 4.90 Å². The molecule has 0 aliphatic heterocycles. The predicted molar refractivity (Wildman–Crippen MR) is 60.6 cm³/mol. The van der Waals surface area contributed by atoms with Gasteiger partial charge >= 0.3 is 0 Å². The van der Waals surface area contributed by atoms with Crippen LogP contribution in [0.5, 0.6) is 0 Å². The summed E-state index contributed by atoms with van der Waals surface area (Å²) >= 11 is 1.29. The molecule has 0 unspecified atom stereocenters. The second-order valence-electron chi connectivity index (χ2n) is 3.03. The summed E-state index contributed by atoms with van der Waals surface area (Å²) in [4.78, 5) is 1.42. The molecule has 0 fully saturated rings. The van der Waals surface area contributed by atoms with Gasteiger partial charge in [-0.1, -0.05) is 30.0 Å². The Kier molecular flexibility index (Phi) is 3.04. The third-order valence-electron chi connectivity index (χ3n) is 1.83. The van der Waals surface area contributed by atoms with Crippen LogP contribution in [0.3, 0.4) is 0 Å². The first-order chi connectivity index (χ1) is 7.57. The smallest absolute Gasteiger partial charge is 0.272 e. The molecule has 0 aliphatic rings. The van der Waals surface area contributed by atoms with E-state index in [0.29, 0.717) is 4.90 Å². The summed E-state index contributed by atoms with van der Waals surface area (Å²) in [6.07, 6.45) is 1.31. The Balaban J connectivity index is 2.34. The number of hydrogen-bond donors (Lipinski definition) is 1. The highest BCUT2D eigenvalue weighted by Crippen LogP contribution is 2.32. The minimum Gasteiger partial charge on any atom is -0.451 e. The van der Waals surface area contributed by atoms with Gasteiger partial charge in [0.2, 0.25) is 5.09 Å². The van der Waals surface area contributed by atoms with Crippen LogP contribution >= 0.6 is 11.8 Å². The maximum absolute atomic E-state index is 11.2. The molecule has 4 nitrogen and oxygen atoms in total. The van der Waals surface area contributed by atoms with Crippen molar-refractivity contribution in [1.29, 1.82) is 0 Å². The summed E-state index contributed by atoms with van der Waals surface area (Å²) in [5.74, 6) is 0. The Hall–Kier alpha value is -1.24. The van der Waals surface area contributed by atoms with Crippen molar-refractivity contribution in [3.8, 4) is 0 Å². The Morgan fingerprint density at radius 1 is 1.12 bits per heavy atom. The minimum atomic E-state index is -3.80. The SMILES string of the molecule is NS(=O)(=O)c1occc1Sc1ccccc1. The van der Waals surface area contributed by atoms with Crippen LogP contribution in [0.2, 0.25) is 0 Å². The van der Waals surface area contributed by atoms with Crippen LogP contribution in [0, 0.1) is 0 Å². The molecule has 0 aliphatic carbocycles. The van der Waals surface area contributed by atoms with Crippen LogP contribution in [0.4, 0.5) is 0 Å². The maximum atomic E-state index is 11.2. The van der Waals surface area contributed by atoms with Gasteiger partial charge in [-0.15, -0.1) is 0 Å². The van der Waals surface area contributed by atoms with Gasteiger partial charge in [0.05, 0.1) is 11.2 Å². The van der Waals surface area contributed by atoms with Gasteiger partial charge in [0.1, 0.15) is 0 Å². The van der Waals surface area contributed by atoms with E-state index in [1.807, 2.05) is 30.3 Å². The molecule has 2 N–H and O–H groups in total. The number of rotatable bonds is 3. The molecule has 0 saturated heterocycles. The summed E-state index contributed by atoms with van der Waals surface area (Å²) in [6.45, 7) is 0. The van der Waals surface area contributed by atoms with Crippen LogP contribution in [-0.2, 0) is 10.0 Å². The zero-order valence-electron chi connectivity index (χ0n) is 8.16. The van der Waals surface area contributed by atoms with E-state index in [2.05, 4.69) is 0 Å². The van der Waals surface area contributed by atoms with Gasteiger partial charge < -0.3 is 4.42 Å². The van der Waals surface area contributed by atoms with E-state index in [4.69, 9.17) is 9.56 Å². The normalized spacial score (nSPS) is 11.6. The summed E-state index contributed by atoms with van der Waals surface area (Å²) in [5, 5.41) is 4.83. The topological polar surface area (TPSA) is 73.3 Å². The third kappa shape index (κ3) is 2.46. The molecule has 2 rings (SSSR count). The standard InChI is InChI=1S/C10H9NO3S2/c11-16(12,13)10-9(6-7-14-10)15-8-4-2-1-3-5-8/h1-7H,(H2,11,12,13). The second-order valence-corrected chi connectivity index (χ2v) is 5.61. The lowest BCUT2D eigenvalue weighted by Gasteiger charge is -2.00. The van der Waals surface area contributed by atoms with Crippen LogP contribution in [-0.4, -0.2) is 8.42 Å². The molecule has 1 aromatic heterocycles. The molecule has 84 valence electrons. The minimum absolute atomic E-state index is 0.193. The molecule has 0 saturated carbocycles. The third-order valence-corrected chi connectivity index (χ3v) is 3.84. The van der Waals surface area contributed by atoms with Crippen molar-refractivity contribution in [3.05, 3.63) is 42.7 Å². The van der Waals surface area contributed by atoms with Crippen LogP contribution < -0.4 is 5.14 Å². The van der Waals surface area contributed by atoms with Gasteiger partial charge in [0.15, 0.2) is 0 Å². The molecule has 1 heterocycles. The number of furan rings is 1. The van der Waals surface area contributed by atoms with E-state index < -0.39 is 10.0 Å². The average Bonchev–Trinajstić information content (AvgIpc) is 2.67.